The van der Waals surface area contributed by atoms with Crippen LogP contribution in [0.5, 0.6) is 0 Å². The number of carbonyl (C=O) groups excluding carboxylic acids is 3. The molecule has 0 fully saturated rings. The molecule has 0 amide bonds. The predicted molar refractivity (Wildman–Crippen MR) is 242 cm³/mol. The van der Waals surface area contributed by atoms with Crippen molar-refractivity contribution in [2.24, 2.45) is 0 Å². The fourth-order valence-corrected chi connectivity index (χ4v) is 6.92. The zero-order valence-corrected chi connectivity index (χ0v) is 37.9. The highest BCUT2D eigenvalue weighted by molar-refractivity contribution is 5.71. The van der Waals surface area contributed by atoms with Crippen LogP contribution in [0, 0.1) is 0 Å². The molecule has 0 radical (unpaired) electrons. The first-order valence-electron chi connectivity index (χ1n) is 24.5. The molecule has 0 aromatic heterocycles. The van der Waals surface area contributed by atoms with Crippen LogP contribution in [0.3, 0.4) is 0 Å². The first-order valence-corrected chi connectivity index (χ1v) is 24.5. The van der Waals surface area contributed by atoms with E-state index in [2.05, 4.69) is 57.2 Å². The zero-order valence-electron chi connectivity index (χ0n) is 37.9. The number of esters is 3. The second-order valence-corrected chi connectivity index (χ2v) is 16.4. The van der Waals surface area contributed by atoms with Crippen molar-refractivity contribution in [1.29, 1.82) is 0 Å². The van der Waals surface area contributed by atoms with Gasteiger partial charge in [-0.15, -0.1) is 0 Å². The lowest BCUT2D eigenvalue weighted by Crippen LogP contribution is -2.30. The third-order valence-corrected chi connectivity index (χ3v) is 10.6. The lowest BCUT2D eigenvalue weighted by atomic mass is 10.0. The van der Waals surface area contributed by atoms with Crippen molar-refractivity contribution in [1.82, 2.24) is 0 Å². The minimum absolute atomic E-state index is 0.0734. The molecule has 57 heavy (non-hydrogen) atoms. The Balaban J connectivity index is 4.29. The third kappa shape index (κ3) is 44.6. The quantitative estimate of drug-likeness (QED) is 0.0264. The van der Waals surface area contributed by atoms with E-state index < -0.39 is 6.10 Å². The van der Waals surface area contributed by atoms with Crippen LogP contribution in [0.1, 0.15) is 252 Å². The molecule has 0 aliphatic carbocycles. The summed E-state index contributed by atoms with van der Waals surface area (Å²) >= 11 is 0. The Bertz CT molecular complexity index is 969. The van der Waals surface area contributed by atoms with Crippen molar-refractivity contribution >= 4 is 17.9 Å². The van der Waals surface area contributed by atoms with E-state index in [-0.39, 0.29) is 31.1 Å². The number of carbonyl (C=O) groups is 3. The fourth-order valence-electron chi connectivity index (χ4n) is 6.92. The molecular formula is C51H92O6. The molecule has 0 rings (SSSR count). The van der Waals surface area contributed by atoms with Gasteiger partial charge in [-0.25, -0.2) is 0 Å². The molecule has 1 unspecified atom stereocenters. The van der Waals surface area contributed by atoms with Crippen LogP contribution >= 0.6 is 0 Å². The Morgan fingerprint density at radius 1 is 0.351 bits per heavy atom. The van der Waals surface area contributed by atoms with Crippen LogP contribution in [0.15, 0.2) is 36.5 Å². The molecule has 0 aliphatic rings. The first kappa shape index (κ1) is 54.6. The Hall–Kier alpha value is -2.37. The normalized spacial score (nSPS) is 12.3. The molecule has 0 aromatic rings. The average Bonchev–Trinajstić information content (AvgIpc) is 3.21. The van der Waals surface area contributed by atoms with Gasteiger partial charge in [0.15, 0.2) is 6.10 Å². The molecule has 0 heterocycles. The molecule has 0 saturated carbocycles. The van der Waals surface area contributed by atoms with Crippen LogP contribution in [-0.4, -0.2) is 37.2 Å². The molecule has 6 heteroatoms. The second-order valence-electron chi connectivity index (χ2n) is 16.4. The standard InChI is InChI=1S/C51H92O6/c1-4-7-10-13-16-19-21-23-24-25-26-27-28-29-31-32-35-38-41-44-50(53)56-47-48(46-55-49(52)43-40-37-34-18-15-12-9-6-3)57-51(54)45-42-39-36-33-30-22-20-17-14-11-8-5-2/h16,19,23-24,26-27,48H,4-15,17-18,20-22,25,28-47H2,1-3H3/b19-16-,24-23-,27-26-. The minimum Gasteiger partial charge on any atom is -0.462 e. The van der Waals surface area contributed by atoms with Gasteiger partial charge in [0, 0.05) is 19.3 Å². The van der Waals surface area contributed by atoms with Gasteiger partial charge in [0.05, 0.1) is 0 Å². The lowest BCUT2D eigenvalue weighted by molar-refractivity contribution is -0.167. The van der Waals surface area contributed by atoms with Crippen LogP contribution < -0.4 is 0 Å². The summed E-state index contributed by atoms with van der Waals surface area (Å²) in [7, 11) is 0. The van der Waals surface area contributed by atoms with Gasteiger partial charge in [-0.3, -0.25) is 14.4 Å². The van der Waals surface area contributed by atoms with E-state index in [0.29, 0.717) is 19.3 Å². The SMILES string of the molecule is CCCCC/C=C\C/C=C\C/C=C\CCCCCCCCC(=O)OCC(COC(=O)CCCCCCCCCC)OC(=O)CCCCCCCCCCCCCC. The van der Waals surface area contributed by atoms with Gasteiger partial charge in [0.2, 0.25) is 0 Å². The van der Waals surface area contributed by atoms with E-state index in [1.807, 2.05) is 0 Å². The van der Waals surface area contributed by atoms with Crippen molar-refractivity contribution in [3.8, 4) is 0 Å². The maximum Gasteiger partial charge on any atom is 0.306 e. The van der Waals surface area contributed by atoms with Gasteiger partial charge >= 0.3 is 17.9 Å². The van der Waals surface area contributed by atoms with Crippen LogP contribution in [0.4, 0.5) is 0 Å². The minimum atomic E-state index is -0.770. The van der Waals surface area contributed by atoms with Gasteiger partial charge < -0.3 is 14.2 Å². The predicted octanol–water partition coefficient (Wildman–Crippen LogP) is 15.8. The van der Waals surface area contributed by atoms with Crippen molar-refractivity contribution in [3.63, 3.8) is 0 Å². The Morgan fingerprint density at radius 3 is 1.02 bits per heavy atom. The van der Waals surface area contributed by atoms with Crippen molar-refractivity contribution in [3.05, 3.63) is 36.5 Å². The average molecular weight is 801 g/mol. The molecule has 332 valence electrons. The summed E-state index contributed by atoms with van der Waals surface area (Å²) in [4.78, 5) is 37.7. The number of allylic oxidation sites excluding steroid dienone is 6. The highest BCUT2D eigenvalue weighted by Gasteiger charge is 2.19. The van der Waals surface area contributed by atoms with Crippen LogP contribution in [0.2, 0.25) is 0 Å². The van der Waals surface area contributed by atoms with E-state index in [9.17, 15) is 14.4 Å². The number of rotatable bonds is 44. The largest absolute Gasteiger partial charge is 0.462 e. The fraction of sp³-hybridized carbons (Fsp3) is 0.824. The summed E-state index contributed by atoms with van der Waals surface area (Å²) in [5, 5.41) is 0. The van der Waals surface area contributed by atoms with Gasteiger partial charge in [-0.05, 0) is 57.8 Å². The van der Waals surface area contributed by atoms with E-state index in [4.69, 9.17) is 14.2 Å². The van der Waals surface area contributed by atoms with E-state index in [1.54, 1.807) is 0 Å². The molecular weight excluding hydrogens is 709 g/mol. The molecule has 1 atom stereocenters. The summed E-state index contributed by atoms with van der Waals surface area (Å²) in [6, 6.07) is 0. The topological polar surface area (TPSA) is 78.9 Å². The molecule has 0 N–H and O–H groups in total. The highest BCUT2D eigenvalue weighted by atomic mass is 16.6. The number of hydrogen-bond acceptors (Lipinski definition) is 6. The number of ether oxygens (including phenoxy) is 3. The Labute approximate surface area is 353 Å². The Morgan fingerprint density at radius 2 is 0.632 bits per heavy atom. The maximum atomic E-state index is 12.7. The van der Waals surface area contributed by atoms with Crippen LogP contribution in [-0.2, 0) is 28.6 Å². The van der Waals surface area contributed by atoms with E-state index in [0.717, 1.165) is 77.0 Å². The summed E-state index contributed by atoms with van der Waals surface area (Å²) in [5.74, 6) is -0.884. The van der Waals surface area contributed by atoms with Gasteiger partial charge in [0.1, 0.15) is 13.2 Å². The van der Waals surface area contributed by atoms with Gasteiger partial charge in [-0.2, -0.15) is 0 Å². The molecule has 0 spiro atoms. The summed E-state index contributed by atoms with van der Waals surface area (Å²) < 4.78 is 16.7. The number of hydrogen-bond donors (Lipinski definition) is 0. The molecule has 0 saturated heterocycles. The van der Waals surface area contributed by atoms with E-state index >= 15 is 0 Å². The monoisotopic (exact) mass is 801 g/mol. The maximum absolute atomic E-state index is 12.7. The smallest absolute Gasteiger partial charge is 0.306 e. The van der Waals surface area contributed by atoms with E-state index in [1.165, 1.54) is 135 Å². The molecule has 0 aromatic carbocycles. The number of unbranched alkanes of at least 4 members (excludes halogenated alkanes) is 27. The van der Waals surface area contributed by atoms with Gasteiger partial charge in [0.25, 0.3) is 0 Å². The summed E-state index contributed by atoms with van der Waals surface area (Å²) in [5.41, 5.74) is 0. The highest BCUT2D eigenvalue weighted by Crippen LogP contribution is 2.15. The lowest BCUT2D eigenvalue weighted by Gasteiger charge is -2.18. The summed E-state index contributed by atoms with van der Waals surface area (Å²) in [6.07, 6.45) is 52.7. The summed E-state index contributed by atoms with van der Waals surface area (Å²) in [6.45, 7) is 6.57. The van der Waals surface area contributed by atoms with Crippen molar-refractivity contribution < 1.29 is 28.6 Å². The molecule has 6 nitrogen and oxygen atoms in total. The molecule has 0 bridgehead atoms. The molecule has 0 aliphatic heterocycles. The van der Waals surface area contributed by atoms with Crippen LogP contribution in [0.25, 0.3) is 0 Å². The van der Waals surface area contributed by atoms with Crippen molar-refractivity contribution in [2.45, 2.75) is 258 Å². The van der Waals surface area contributed by atoms with Crippen molar-refractivity contribution in [2.75, 3.05) is 13.2 Å². The Kier molecular flexibility index (Phi) is 44.4. The third-order valence-electron chi connectivity index (χ3n) is 10.6. The zero-order chi connectivity index (χ0) is 41.5. The first-order chi connectivity index (χ1) is 28.0. The second kappa shape index (κ2) is 46.3. The van der Waals surface area contributed by atoms with Gasteiger partial charge in [-0.1, -0.05) is 211 Å².